The fraction of sp³-hybridized carbons (Fsp3) is 0.250. The molecule has 1 heterocycles. The number of hydrogen-bond acceptors (Lipinski definition) is 3. The Hall–Kier alpha value is -2.36. The number of para-hydroxylation sites is 1. The molecule has 0 aliphatic heterocycles. The van der Waals surface area contributed by atoms with Crippen molar-refractivity contribution < 1.29 is 4.79 Å². The SMILES string of the molecule is CCN(C(=O)c1ccncc1NC)c1ccccc1C. The number of rotatable bonds is 4. The Bertz CT molecular complexity index is 610. The molecule has 0 bridgehead atoms. The predicted octanol–water partition coefficient (Wildman–Crippen LogP) is 3.10. The van der Waals surface area contributed by atoms with E-state index in [1.165, 1.54) is 0 Å². The molecule has 2 aromatic rings. The maximum atomic E-state index is 12.8. The van der Waals surface area contributed by atoms with Crippen LogP contribution in [-0.2, 0) is 0 Å². The Kier molecular flexibility index (Phi) is 4.35. The molecule has 20 heavy (non-hydrogen) atoms. The molecule has 0 unspecified atom stereocenters. The smallest absolute Gasteiger partial charge is 0.260 e. The number of amides is 1. The van der Waals surface area contributed by atoms with Crippen LogP contribution in [0.5, 0.6) is 0 Å². The van der Waals surface area contributed by atoms with E-state index < -0.39 is 0 Å². The highest BCUT2D eigenvalue weighted by Crippen LogP contribution is 2.23. The summed E-state index contributed by atoms with van der Waals surface area (Å²) in [7, 11) is 1.79. The fourth-order valence-electron chi connectivity index (χ4n) is 2.22. The van der Waals surface area contributed by atoms with Crippen LogP contribution in [0, 0.1) is 6.92 Å². The normalized spacial score (nSPS) is 10.2. The minimum atomic E-state index is -0.0199. The minimum Gasteiger partial charge on any atom is -0.386 e. The van der Waals surface area contributed by atoms with Crippen molar-refractivity contribution in [3.05, 3.63) is 53.9 Å². The molecule has 0 aliphatic rings. The Balaban J connectivity index is 2.42. The van der Waals surface area contributed by atoms with Crippen LogP contribution in [0.3, 0.4) is 0 Å². The first-order valence-electron chi connectivity index (χ1n) is 6.68. The van der Waals surface area contributed by atoms with Gasteiger partial charge in [0.1, 0.15) is 0 Å². The zero-order valence-corrected chi connectivity index (χ0v) is 12.1. The van der Waals surface area contributed by atoms with Crippen molar-refractivity contribution in [1.29, 1.82) is 0 Å². The van der Waals surface area contributed by atoms with Crippen LogP contribution in [0.1, 0.15) is 22.8 Å². The van der Waals surface area contributed by atoms with Gasteiger partial charge in [0, 0.05) is 25.5 Å². The van der Waals surface area contributed by atoms with Crippen molar-refractivity contribution in [1.82, 2.24) is 4.98 Å². The van der Waals surface area contributed by atoms with Crippen LogP contribution in [0.25, 0.3) is 0 Å². The van der Waals surface area contributed by atoms with E-state index in [0.717, 1.165) is 16.9 Å². The molecule has 0 saturated heterocycles. The first-order valence-corrected chi connectivity index (χ1v) is 6.68. The molecule has 1 N–H and O–H groups in total. The summed E-state index contributed by atoms with van der Waals surface area (Å²) in [6.45, 7) is 4.61. The maximum Gasteiger partial charge on any atom is 0.260 e. The standard InChI is InChI=1S/C16H19N3O/c1-4-19(15-8-6-5-7-12(15)2)16(20)13-9-10-18-11-14(13)17-3/h5-11,17H,4H2,1-3H3. The highest BCUT2D eigenvalue weighted by molar-refractivity contribution is 6.09. The second-order valence-corrected chi connectivity index (χ2v) is 4.51. The van der Waals surface area contributed by atoms with Gasteiger partial charge in [0.25, 0.3) is 5.91 Å². The summed E-state index contributed by atoms with van der Waals surface area (Å²) in [5.41, 5.74) is 3.40. The molecule has 4 heteroatoms. The summed E-state index contributed by atoms with van der Waals surface area (Å²) >= 11 is 0. The lowest BCUT2D eigenvalue weighted by Crippen LogP contribution is -2.31. The minimum absolute atomic E-state index is 0.0199. The molecule has 1 aromatic heterocycles. The van der Waals surface area contributed by atoms with Gasteiger partial charge in [-0.15, -0.1) is 0 Å². The molecule has 0 fully saturated rings. The van der Waals surface area contributed by atoms with Crippen LogP contribution in [0.15, 0.2) is 42.7 Å². The van der Waals surface area contributed by atoms with Crippen LogP contribution in [0.2, 0.25) is 0 Å². The summed E-state index contributed by atoms with van der Waals surface area (Å²) in [6.07, 6.45) is 3.30. The van der Waals surface area contributed by atoms with Crippen molar-refractivity contribution in [2.75, 3.05) is 23.8 Å². The summed E-state index contributed by atoms with van der Waals surface area (Å²) < 4.78 is 0. The Morgan fingerprint density at radius 2 is 2.05 bits per heavy atom. The number of aromatic nitrogens is 1. The third-order valence-corrected chi connectivity index (χ3v) is 3.29. The lowest BCUT2D eigenvalue weighted by atomic mass is 10.1. The van der Waals surface area contributed by atoms with Crippen LogP contribution in [-0.4, -0.2) is 24.5 Å². The van der Waals surface area contributed by atoms with Gasteiger partial charge in [-0.1, -0.05) is 18.2 Å². The van der Waals surface area contributed by atoms with Gasteiger partial charge in [0.15, 0.2) is 0 Å². The van der Waals surface area contributed by atoms with Gasteiger partial charge in [-0.3, -0.25) is 9.78 Å². The van der Waals surface area contributed by atoms with E-state index in [9.17, 15) is 4.79 Å². The summed E-state index contributed by atoms with van der Waals surface area (Å²) in [4.78, 5) is 18.6. The van der Waals surface area contributed by atoms with Crippen LogP contribution in [0.4, 0.5) is 11.4 Å². The van der Waals surface area contributed by atoms with Crippen molar-refractivity contribution in [2.24, 2.45) is 0 Å². The van der Waals surface area contributed by atoms with E-state index in [2.05, 4.69) is 10.3 Å². The topological polar surface area (TPSA) is 45.2 Å². The molecular formula is C16H19N3O. The molecular weight excluding hydrogens is 250 g/mol. The quantitative estimate of drug-likeness (QED) is 0.927. The first kappa shape index (κ1) is 14.1. The summed E-state index contributed by atoms with van der Waals surface area (Å²) in [5, 5.41) is 3.01. The molecule has 4 nitrogen and oxygen atoms in total. The Labute approximate surface area is 119 Å². The molecule has 0 radical (unpaired) electrons. The number of nitrogens with zero attached hydrogens (tertiary/aromatic N) is 2. The van der Waals surface area contributed by atoms with E-state index >= 15 is 0 Å². The second-order valence-electron chi connectivity index (χ2n) is 4.51. The number of carbonyl (C=O) groups excluding carboxylic acids is 1. The third-order valence-electron chi connectivity index (χ3n) is 3.29. The van der Waals surface area contributed by atoms with Crippen molar-refractivity contribution in [3.63, 3.8) is 0 Å². The average molecular weight is 269 g/mol. The summed E-state index contributed by atoms with van der Waals surface area (Å²) in [5.74, 6) is -0.0199. The molecule has 0 aliphatic carbocycles. The largest absolute Gasteiger partial charge is 0.386 e. The second kappa shape index (κ2) is 6.19. The van der Waals surface area contributed by atoms with E-state index in [1.807, 2.05) is 38.1 Å². The van der Waals surface area contributed by atoms with Crippen LogP contribution < -0.4 is 10.2 Å². The van der Waals surface area contributed by atoms with Gasteiger partial charge in [-0.25, -0.2) is 0 Å². The van der Waals surface area contributed by atoms with Crippen LogP contribution >= 0.6 is 0 Å². The molecule has 104 valence electrons. The highest BCUT2D eigenvalue weighted by Gasteiger charge is 2.19. The molecule has 1 aromatic carbocycles. The number of nitrogens with one attached hydrogen (secondary N) is 1. The van der Waals surface area contributed by atoms with E-state index in [1.54, 1.807) is 30.4 Å². The monoisotopic (exact) mass is 269 g/mol. The Morgan fingerprint density at radius 3 is 2.70 bits per heavy atom. The van der Waals surface area contributed by atoms with Gasteiger partial charge >= 0.3 is 0 Å². The van der Waals surface area contributed by atoms with Gasteiger partial charge in [-0.2, -0.15) is 0 Å². The molecule has 1 amide bonds. The number of anilines is 2. The van der Waals surface area contributed by atoms with Gasteiger partial charge in [0.05, 0.1) is 17.4 Å². The number of hydrogen-bond donors (Lipinski definition) is 1. The van der Waals surface area contributed by atoms with Crippen molar-refractivity contribution >= 4 is 17.3 Å². The van der Waals surface area contributed by atoms with Gasteiger partial charge in [0.2, 0.25) is 0 Å². The maximum absolute atomic E-state index is 12.8. The van der Waals surface area contributed by atoms with E-state index in [4.69, 9.17) is 0 Å². The first-order chi connectivity index (χ1) is 9.69. The zero-order valence-electron chi connectivity index (χ0n) is 12.1. The Morgan fingerprint density at radius 1 is 1.30 bits per heavy atom. The number of pyridine rings is 1. The lowest BCUT2D eigenvalue weighted by molar-refractivity contribution is 0.0989. The zero-order chi connectivity index (χ0) is 14.5. The van der Waals surface area contributed by atoms with Gasteiger partial charge in [-0.05, 0) is 31.5 Å². The van der Waals surface area contributed by atoms with Crippen molar-refractivity contribution in [3.8, 4) is 0 Å². The lowest BCUT2D eigenvalue weighted by Gasteiger charge is -2.24. The fourth-order valence-corrected chi connectivity index (χ4v) is 2.22. The van der Waals surface area contributed by atoms with E-state index in [0.29, 0.717) is 12.1 Å². The molecule has 0 saturated carbocycles. The van der Waals surface area contributed by atoms with Gasteiger partial charge < -0.3 is 10.2 Å². The number of carbonyl (C=O) groups is 1. The molecule has 0 spiro atoms. The molecule has 0 atom stereocenters. The highest BCUT2D eigenvalue weighted by atomic mass is 16.2. The average Bonchev–Trinajstić information content (AvgIpc) is 2.49. The third kappa shape index (κ3) is 2.64. The summed E-state index contributed by atoms with van der Waals surface area (Å²) in [6, 6.07) is 9.65. The van der Waals surface area contributed by atoms with Crippen molar-refractivity contribution in [2.45, 2.75) is 13.8 Å². The number of benzene rings is 1. The van der Waals surface area contributed by atoms with E-state index in [-0.39, 0.29) is 5.91 Å². The predicted molar refractivity (Wildman–Crippen MR) is 82.3 cm³/mol. The number of aryl methyl sites for hydroxylation is 1. The molecule has 2 rings (SSSR count).